The minimum absolute atomic E-state index is 0. The fourth-order valence-electron chi connectivity index (χ4n) is 2.99. The molecule has 0 atom stereocenters. The molecule has 0 spiro atoms. The number of fused-ring (bicyclic) bond motifs is 1. The molecule has 25 heavy (non-hydrogen) atoms. The third-order valence-corrected chi connectivity index (χ3v) is 4.18. The molecule has 9 heteroatoms. The number of hydrogen-bond acceptors (Lipinski definition) is 5. The molecular weight excluding hydrogens is 353 g/mol. The van der Waals surface area contributed by atoms with E-state index in [4.69, 9.17) is 5.11 Å². The molecular formula is C16H19ClFN3O4. The third kappa shape index (κ3) is 3.60. The molecule has 2 heterocycles. The number of pyridine rings is 1. The van der Waals surface area contributed by atoms with Crippen molar-refractivity contribution in [1.82, 2.24) is 9.88 Å². The predicted octanol–water partition coefficient (Wildman–Crippen LogP) is 0.663. The maximum absolute atomic E-state index is 14.5. The van der Waals surface area contributed by atoms with Crippen LogP contribution >= 0.6 is 12.4 Å². The lowest BCUT2D eigenvalue weighted by Crippen LogP contribution is -2.43. The summed E-state index contributed by atoms with van der Waals surface area (Å²) < 4.78 is 16.0. The van der Waals surface area contributed by atoms with Crippen molar-refractivity contribution in [1.29, 1.82) is 0 Å². The SMILES string of the molecule is Cl.O=C(O)c1cn(CCO)c2cc(N3CCNCC3)c(F)cc2c1=O. The first-order valence-electron chi connectivity index (χ1n) is 7.69. The number of aromatic carboxylic acids is 1. The van der Waals surface area contributed by atoms with E-state index < -0.39 is 22.8 Å². The first-order chi connectivity index (χ1) is 11.5. The standard InChI is InChI=1S/C16H18FN3O4.ClH/c17-12-7-10-13(8-14(12)19-3-1-18-2-4-19)20(5-6-21)9-11(15(10)22)16(23)24;/h7-9,18,21H,1-6H2,(H,23,24);1H. The number of carboxylic acid groups (broad SMARTS) is 1. The summed E-state index contributed by atoms with van der Waals surface area (Å²) in [5.74, 6) is -1.93. The van der Waals surface area contributed by atoms with E-state index in [2.05, 4.69) is 5.32 Å². The Morgan fingerprint density at radius 1 is 1.28 bits per heavy atom. The molecule has 136 valence electrons. The largest absolute Gasteiger partial charge is 0.477 e. The Morgan fingerprint density at radius 3 is 2.56 bits per heavy atom. The molecule has 0 amide bonds. The van der Waals surface area contributed by atoms with Crippen LogP contribution in [0.3, 0.4) is 0 Å². The van der Waals surface area contributed by atoms with Crippen LogP contribution in [0.25, 0.3) is 10.9 Å². The van der Waals surface area contributed by atoms with Gasteiger partial charge in [0.1, 0.15) is 11.4 Å². The van der Waals surface area contributed by atoms with Gasteiger partial charge in [0.05, 0.1) is 17.8 Å². The lowest BCUT2D eigenvalue weighted by Gasteiger charge is -2.30. The van der Waals surface area contributed by atoms with Crippen LogP contribution in [0.1, 0.15) is 10.4 Å². The van der Waals surface area contributed by atoms with Crippen molar-refractivity contribution in [2.75, 3.05) is 37.7 Å². The second-order valence-corrected chi connectivity index (χ2v) is 5.65. The molecule has 0 bridgehead atoms. The van der Waals surface area contributed by atoms with E-state index in [0.29, 0.717) is 24.3 Å². The second kappa shape index (κ2) is 7.81. The summed E-state index contributed by atoms with van der Waals surface area (Å²) in [6.45, 7) is 2.64. The minimum atomic E-state index is -1.37. The molecule has 1 aromatic carbocycles. The Morgan fingerprint density at radius 2 is 1.96 bits per heavy atom. The van der Waals surface area contributed by atoms with Gasteiger partial charge in [-0.15, -0.1) is 12.4 Å². The van der Waals surface area contributed by atoms with Gasteiger partial charge in [0.2, 0.25) is 5.43 Å². The Balaban J connectivity index is 0.00000225. The number of anilines is 1. The molecule has 1 aromatic heterocycles. The van der Waals surface area contributed by atoms with Crippen molar-refractivity contribution in [2.24, 2.45) is 0 Å². The highest BCUT2D eigenvalue weighted by Crippen LogP contribution is 2.25. The second-order valence-electron chi connectivity index (χ2n) is 5.65. The average Bonchev–Trinajstić information content (AvgIpc) is 2.57. The smallest absolute Gasteiger partial charge is 0.341 e. The maximum Gasteiger partial charge on any atom is 0.341 e. The number of benzene rings is 1. The summed E-state index contributed by atoms with van der Waals surface area (Å²) in [4.78, 5) is 25.4. The number of rotatable bonds is 4. The first-order valence-corrected chi connectivity index (χ1v) is 7.69. The van der Waals surface area contributed by atoms with Gasteiger partial charge in [-0.25, -0.2) is 9.18 Å². The van der Waals surface area contributed by atoms with Crippen molar-refractivity contribution in [3.8, 4) is 0 Å². The maximum atomic E-state index is 14.5. The van der Waals surface area contributed by atoms with Crippen LogP contribution in [0.4, 0.5) is 10.1 Å². The Kier molecular flexibility index (Phi) is 5.99. The van der Waals surface area contributed by atoms with Crippen molar-refractivity contribution in [3.05, 3.63) is 39.9 Å². The van der Waals surface area contributed by atoms with E-state index in [1.807, 2.05) is 4.90 Å². The fraction of sp³-hybridized carbons (Fsp3) is 0.375. The van der Waals surface area contributed by atoms with E-state index in [9.17, 15) is 19.1 Å². The highest BCUT2D eigenvalue weighted by atomic mass is 35.5. The number of nitrogens with zero attached hydrogens (tertiary/aromatic N) is 2. The normalized spacial score (nSPS) is 14.4. The number of aliphatic hydroxyl groups is 1. The van der Waals surface area contributed by atoms with Crippen LogP contribution in [0.5, 0.6) is 0 Å². The molecule has 1 fully saturated rings. The lowest BCUT2D eigenvalue weighted by atomic mass is 10.1. The molecule has 1 aliphatic heterocycles. The van der Waals surface area contributed by atoms with Gasteiger partial charge >= 0.3 is 5.97 Å². The van der Waals surface area contributed by atoms with Crippen LogP contribution < -0.4 is 15.6 Å². The summed E-state index contributed by atoms with van der Waals surface area (Å²) in [6.07, 6.45) is 1.20. The predicted molar refractivity (Wildman–Crippen MR) is 94.5 cm³/mol. The van der Waals surface area contributed by atoms with Crippen LogP contribution in [-0.2, 0) is 6.54 Å². The van der Waals surface area contributed by atoms with E-state index in [1.54, 1.807) is 6.07 Å². The Labute approximate surface area is 149 Å². The molecule has 1 saturated heterocycles. The topological polar surface area (TPSA) is 94.8 Å². The quantitative estimate of drug-likeness (QED) is 0.731. The number of aromatic nitrogens is 1. The highest BCUT2D eigenvalue weighted by molar-refractivity contribution is 5.93. The minimum Gasteiger partial charge on any atom is -0.477 e. The van der Waals surface area contributed by atoms with E-state index >= 15 is 0 Å². The van der Waals surface area contributed by atoms with Crippen molar-refractivity contribution in [3.63, 3.8) is 0 Å². The van der Waals surface area contributed by atoms with Gasteiger partial charge in [-0.2, -0.15) is 0 Å². The van der Waals surface area contributed by atoms with Gasteiger partial charge in [0.15, 0.2) is 0 Å². The number of hydrogen-bond donors (Lipinski definition) is 3. The molecule has 3 N–H and O–H groups in total. The molecule has 3 rings (SSSR count). The molecule has 1 aliphatic rings. The Hall–Kier alpha value is -2.16. The summed E-state index contributed by atoms with van der Waals surface area (Å²) in [7, 11) is 0. The zero-order chi connectivity index (χ0) is 17.3. The summed E-state index contributed by atoms with van der Waals surface area (Å²) in [5, 5.41) is 21.6. The molecule has 0 saturated carbocycles. The molecule has 2 aromatic rings. The molecule has 7 nitrogen and oxygen atoms in total. The van der Waals surface area contributed by atoms with Crippen LogP contribution in [-0.4, -0.2) is 53.5 Å². The van der Waals surface area contributed by atoms with Gasteiger partial charge in [-0.1, -0.05) is 0 Å². The summed E-state index contributed by atoms with van der Waals surface area (Å²) in [6, 6.07) is 2.65. The van der Waals surface area contributed by atoms with Crippen LogP contribution in [0.2, 0.25) is 0 Å². The fourth-order valence-corrected chi connectivity index (χ4v) is 2.99. The average molecular weight is 372 g/mol. The first kappa shape index (κ1) is 19.2. The zero-order valence-corrected chi connectivity index (χ0v) is 14.2. The molecule has 0 unspecified atom stereocenters. The van der Waals surface area contributed by atoms with Gasteiger partial charge in [-0.05, 0) is 12.1 Å². The monoisotopic (exact) mass is 371 g/mol. The highest BCUT2D eigenvalue weighted by Gasteiger charge is 2.20. The molecule has 0 radical (unpaired) electrons. The summed E-state index contributed by atoms with van der Waals surface area (Å²) in [5.41, 5.74) is -0.380. The van der Waals surface area contributed by atoms with Crippen molar-refractivity contribution < 1.29 is 19.4 Å². The summed E-state index contributed by atoms with van der Waals surface area (Å²) >= 11 is 0. The van der Waals surface area contributed by atoms with Crippen LogP contribution in [0, 0.1) is 5.82 Å². The number of aliphatic hydroxyl groups excluding tert-OH is 1. The van der Waals surface area contributed by atoms with Crippen molar-refractivity contribution in [2.45, 2.75) is 6.54 Å². The zero-order valence-electron chi connectivity index (χ0n) is 13.4. The number of nitrogens with one attached hydrogen (secondary N) is 1. The molecule has 0 aliphatic carbocycles. The number of piperazine rings is 1. The van der Waals surface area contributed by atoms with E-state index in [1.165, 1.54) is 10.8 Å². The van der Waals surface area contributed by atoms with Gasteiger partial charge < -0.3 is 25.0 Å². The number of halogens is 2. The van der Waals surface area contributed by atoms with E-state index in [0.717, 1.165) is 19.2 Å². The van der Waals surface area contributed by atoms with Gasteiger partial charge in [-0.3, -0.25) is 4.79 Å². The van der Waals surface area contributed by atoms with Crippen molar-refractivity contribution >= 4 is 35.0 Å². The number of carbonyl (C=O) groups is 1. The third-order valence-electron chi connectivity index (χ3n) is 4.18. The van der Waals surface area contributed by atoms with Gasteiger partial charge in [0, 0.05) is 44.3 Å². The van der Waals surface area contributed by atoms with E-state index in [-0.39, 0.29) is 30.9 Å². The lowest BCUT2D eigenvalue weighted by molar-refractivity contribution is 0.0694. The van der Waals surface area contributed by atoms with Gasteiger partial charge in [0.25, 0.3) is 0 Å². The van der Waals surface area contributed by atoms with Crippen LogP contribution in [0.15, 0.2) is 23.1 Å². The number of carboxylic acids is 1. The Bertz CT molecular complexity index is 849.